The first-order valence-electron chi connectivity index (χ1n) is 8.94. The number of anilines is 1. The number of ether oxygens (including phenoxy) is 1. The van der Waals surface area contributed by atoms with Crippen LogP contribution in [0.15, 0.2) is 48.5 Å². The molecule has 0 aliphatic heterocycles. The minimum Gasteiger partial charge on any atom is -0.487 e. The molecule has 0 heterocycles. The standard InChI is InChI=1S/C21H26N2O2.ClH/c1-15-10-11-19(23-21(24)13-17-8-5-9-18(17)22)20(12-15)25-14-16-6-3-2-4-7-16;/h2-4,6-7,10-12,17-18H,5,8-9,13-14,22H2,1H3,(H,23,24);1H/t17-,18+;/m0./s1. The number of rotatable bonds is 6. The first kappa shape index (κ1) is 20.3. The summed E-state index contributed by atoms with van der Waals surface area (Å²) in [4.78, 5) is 12.4. The molecule has 0 spiro atoms. The minimum absolute atomic E-state index is 0. The first-order chi connectivity index (χ1) is 12.1. The summed E-state index contributed by atoms with van der Waals surface area (Å²) in [5, 5.41) is 3.00. The van der Waals surface area contributed by atoms with Crippen molar-refractivity contribution in [3.05, 3.63) is 59.7 Å². The van der Waals surface area contributed by atoms with Crippen molar-refractivity contribution in [2.24, 2.45) is 11.7 Å². The van der Waals surface area contributed by atoms with Crippen LogP contribution in [0.25, 0.3) is 0 Å². The fourth-order valence-electron chi connectivity index (χ4n) is 3.35. The number of benzene rings is 2. The summed E-state index contributed by atoms with van der Waals surface area (Å²) in [6, 6.07) is 16.0. The molecule has 1 aliphatic carbocycles. The van der Waals surface area contributed by atoms with E-state index in [1.807, 2.05) is 55.5 Å². The highest BCUT2D eigenvalue weighted by Crippen LogP contribution is 2.30. The second-order valence-electron chi connectivity index (χ2n) is 6.88. The molecule has 5 heteroatoms. The lowest BCUT2D eigenvalue weighted by Gasteiger charge is -2.17. The summed E-state index contributed by atoms with van der Waals surface area (Å²) in [5.74, 6) is 1.00. The van der Waals surface area contributed by atoms with Crippen LogP contribution in [0.5, 0.6) is 5.75 Å². The van der Waals surface area contributed by atoms with Crippen LogP contribution in [0.1, 0.15) is 36.8 Å². The topological polar surface area (TPSA) is 64.4 Å². The number of nitrogens with two attached hydrogens (primary N) is 1. The van der Waals surface area contributed by atoms with Gasteiger partial charge in [0, 0.05) is 12.5 Å². The van der Waals surface area contributed by atoms with E-state index in [0.29, 0.717) is 24.7 Å². The molecular formula is C21H27ClN2O2. The summed E-state index contributed by atoms with van der Waals surface area (Å²) < 4.78 is 5.96. The van der Waals surface area contributed by atoms with Gasteiger partial charge < -0.3 is 15.8 Å². The zero-order valence-corrected chi connectivity index (χ0v) is 15.9. The molecule has 3 rings (SSSR count). The number of carbonyl (C=O) groups excluding carboxylic acids is 1. The molecule has 140 valence electrons. The first-order valence-corrected chi connectivity index (χ1v) is 8.94. The van der Waals surface area contributed by atoms with Crippen molar-refractivity contribution in [2.45, 2.75) is 45.3 Å². The maximum atomic E-state index is 12.4. The van der Waals surface area contributed by atoms with Crippen molar-refractivity contribution < 1.29 is 9.53 Å². The lowest BCUT2D eigenvalue weighted by molar-refractivity contribution is -0.117. The molecule has 0 radical (unpaired) electrons. The maximum Gasteiger partial charge on any atom is 0.224 e. The van der Waals surface area contributed by atoms with Gasteiger partial charge in [0.15, 0.2) is 0 Å². The maximum absolute atomic E-state index is 12.4. The van der Waals surface area contributed by atoms with E-state index in [4.69, 9.17) is 10.5 Å². The van der Waals surface area contributed by atoms with Gasteiger partial charge in [0.1, 0.15) is 12.4 Å². The number of hydrogen-bond donors (Lipinski definition) is 2. The predicted octanol–water partition coefficient (Wildman–Crippen LogP) is 4.45. The lowest BCUT2D eigenvalue weighted by Crippen LogP contribution is -2.28. The van der Waals surface area contributed by atoms with Crippen LogP contribution in [0, 0.1) is 12.8 Å². The third-order valence-corrected chi connectivity index (χ3v) is 4.81. The second kappa shape index (κ2) is 9.60. The van der Waals surface area contributed by atoms with Gasteiger partial charge >= 0.3 is 0 Å². The Morgan fingerprint density at radius 1 is 1.19 bits per heavy atom. The van der Waals surface area contributed by atoms with Crippen molar-refractivity contribution in [3.8, 4) is 5.75 Å². The van der Waals surface area contributed by atoms with Gasteiger partial charge in [-0.15, -0.1) is 12.4 Å². The molecule has 26 heavy (non-hydrogen) atoms. The highest BCUT2D eigenvalue weighted by molar-refractivity contribution is 5.92. The van der Waals surface area contributed by atoms with Crippen LogP contribution in [0.2, 0.25) is 0 Å². The molecule has 1 saturated carbocycles. The highest BCUT2D eigenvalue weighted by Gasteiger charge is 2.26. The smallest absolute Gasteiger partial charge is 0.224 e. The Bertz CT molecular complexity index is 721. The molecule has 0 unspecified atom stereocenters. The van der Waals surface area contributed by atoms with E-state index < -0.39 is 0 Å². The zero-order chi connectivity index (χ0) is 17.6. The summed E-state index contributed by atoms with van der Waals surface area (Å²) in [6.45, 7) is 2.49. The third kappa shape index (κ3) is 5.48. The SMILES string of the molecule is Cc1ccc(NC(=O)C[C@@H]2CCC[C@H]2N)c(OCc2ccccc2)c1.Cl. The van der Waals surface area contributed by atoms with Gasteiger partial charge in [-0.2, -0.15) is 0 Å². The summed E-state index contributed by atoms with van der Waals surface area (Å²) in [7, 11) is 0. The van der Waals surface area contributed by atoms with Gasteiger partial charge in [0.2, 0.25) is 5.91 Å². The Kier molecular flexibility index (Phi) is 7.49. The van der Waals surface area contributed by atoms with E-state index >= 15 is 0 Å². The Balaban J connectivity index is 0.00000243. The van der Waals surface area contributed by atoms with Crippen LogP contribution < -0.4 is 15.8 Å². The second-order valence-corrected chi connectivity index (χ2v) is 6.88. The number of nitrogens with one attached hydrogen (secondary N) is 1. The van der Waals surface area contributed by atoms with E-state index in [-0.39, 0.29) is 24.4 Å². The third-order valence-electron chi connectivity index (χ3n) is 4.81. The van der Waals surface area contributed by atoms with Gasteiger partial charge in [-0.25, -0.2) is 0 Å². The van der Waals surface area contributed by atoms with E-state index in [1.54, 1.807) is 0 Å². The molecule has 2 aromatic carbocycles. The minimum atomic E-state index is 0. The summed E-state index contributed by atoms with van der Waals surface area (Å²) in [6.07, 6.45) is 3.66. The lowest BCUT2D eigenvalue weighted by atomic mass is 10.00. The monoisotopic (exact) mass is 374 g/mol. The molecule has 4 nitrogen and oxygen atoms in total. The number of halogens is 1. The highest BCUT2D eigenvalue weighted by atomic mass is 35.5. The van der Waals surface area contributed by atoms with E-state index in [9.17, 15) is 4.79 Å². The van der Waals surface area contributed by atoms with Gasteiger partial charge in [-0.05, 0) is 48.9 Å². The molecule has 1 amide bonds. The number of carbonyl (C=O) groups is 1. The number of aryl methyl sites for hydroxylation is 1. The predicted molar refractivity (Wildman–Crippen MR) is 108 cm³/mol. The molecule has 1 fully saturated rings. The fraction of sp³-hybridized carbons (Fsp3) is 0.381. The van der Waals surface area contributed by atoms with Crippen LogP contribution in [-0.4, -0.2) is 11.9 Å². The van der Waals surface area contributed by atoms with Crippen molar-refractivity contribution >= 4 is 24.0 Å². The van der Waals surface area contributed by atoms with Crippen LogP contribution >= 0.6 is 12.4 Å². The summed E-state index contributed by atoms with van der Waals surface area (Å²) in [5.41, 5.74) is 8.99. The normalized spacial score (nSPS) is 18.8. The van der Waals surface area contributed by atoms with Crippen LogP contribution in [-0.2, 0) is 11.4 Å². The number of amides is 1. The van der Waals surface area contributed by atoms with Crippen LogP contribution in [0.4, 0.5) is 5.69 Å². The van der Waals surface area contributed by atoms with Crippen molar-refractivity contribution in [2.75, 3.05) is 5.32 Å². The van der Waals surface area contributed by atoms with Crippen molar-refractivity contribution in [1.82, 2.24) is 0 Å². The molecule has 2 aromatic rings. The molecule has 1 aliphatic rings. The van der Waals surface area contributed by atoms with Gasteiger partial charge in [0.05, 0.1) is 5.69 Å². The molecule has 0 aromatic heterocycles. The molecule has 0 bridgehead atoms. The quantitative estimate of drug-likeness (QED) is 0.784. The molecule has 2 atom stereocenters. The Hall–Kier alpha value is -2.04. The summed E-state index contributed by atoms with van der Waals surface area (Å²) >= 11 is 0. The Morgan fingerprint density at radius 2 is 1.96 bits per heavy atom. The van der Waals surface area contributed by atoms with E-state index in [1.165, 1.54) is 0 Å². The van der Waals surface area contributed by atoms with Crippen molar-refractivity contribution in [3.63, 3.8) is 0 Å². The van der Waals surface area contributed by atoms with E-state index in [2.05, 4.69) is 5.32 Å². The Labute approximate surface area is 161 Å². The molecule has 0 saturated heterocycles. The average molecular weight is 375 g/mol. The average Bonchev–Trinajstić information content (AvgIpc) is 3.01. The molecule has 3 N–H and O–H groups in total. The van der Waals surface area contributed by atoms with Crippen molar-refractivity contribution in [1.29, 1.82) is 0 Å². The number of hydrogen-bond acceptors (Lipinski definition) is 3. The van der Waals surface area contributed by atoms with E-state index in [0.717, 1.165) is 36.1 Å². The Morgan fingerprint density at radius 3 is 2.65 bits per heavy atom. The zero-order valence-electron chi connectivity index (χ0n) is 15.1. The van der Waals surface area contributed by atoms with Crippen LogP contribution in [0.3, 0.4) is 0 Å². The van der Waals surface area contributed by atoms with Gasteiger partial charge in [0.25, 0.3) is 0 Å². The largest absolute Gasteiger partial charge is 0.487 e. The van der Waals surface area contributed by atoms with Gasteiger partial charge in [-0.3, -0.25) is 4.79 Å². The molecular weight excluding hydrogens is 348 g/mol. The fourth-order valence-corrected chi connectivity index (χ4v) is 3.35. The van der Waals surface area contributed by atoms with Gasteiger partial charge in [-0.1, -0.05) is 42.8 Å².